The lowest BCUT2D eigenvalue weighted by Crippen LogP contribution is -2.08. The number of nitrogens with zero attached hydrogens (tertiary/aromatic N) is 3. The molecular formula is C11H16N4. The molecule has 0 aliphatic rings. The summed E-state index contributed by atoms with van der Waals surface area (Å²) < 4.78 is 0. The summed E-state index contributed by atoms with van der Waals surface area (Å²) in [6.45, 7) is 2.94. The number of hydrogen-bond donors (Lipinski definition) is 1. The highest BCUT2D eigenvalue weighted by molar-refractivity contribution is 6.37. The molecule has 4 heteroatoms. The number of pyridine rings is 1. The van der Waals surface area contributed by atoms with E-state index in [9.17, 15) is 0 Å². The fourth-order valence-electron chi connectivity index (χ4n) is 1.08. The van der Waals surface area contributed by atoms with Gasteiger partial charge in [-0.2, -0.15) is 5.10 Å². The van der Waals surface area contributed by atoms with Gasteiger partial charge in [0.2, 0.25) is 0 Å². The van der Waals surface area contributed by atoms with Crippen LogP contribution in [0.1, 0.15) is 25.5 Å². The molecule has 1 heterocycles. The van der Waals surface area contributed by atoms with Crippen molar-refractivity contribution in [2.24, 2.45) is 15.9 Å². The van der Waals surface area contributed by atoms with Crippen LogP contribution in [0.15, 0.2) is 34.5 Å². The third kappa shape index (κ3) is 3.89. The van der Waals surface area contributed by atoms with E-state index in [1.165, 1.54) is 0 Å². The number of aromatic nitrogens is 1. The molecule has 80 valence electrons. The van der Waals surface area contributed by atoms with Gasteiger partial charge >= 0.3 is 0 Å². The van der Waals surface area contributed by atoms with E-state index in [0.29, 0.717) is 5.71 Å². The molecule has 1 aromatic heterocycles. The minimum Gasteiger partial charge on any atom is -0.323 e. The number of nitrogens with two attached hydrogens (primary N) is 1. The van der Waals surface area contributed by atoms with Crippen LogP contribution in [0.3, 0.4) is 0 Å². The van der Waals surface area contributed by atoms with Crippen LogP contribution in [0, 0.1) is 0 Å². The molecule has 1 rings (SSSR count). The Morgan fingerprint density at radius 1 is 1.53 bits per heavy atom. The summed E-state index contributed by atoms with van der Waals surface area (Å²) in [6, 6.07) is 5.61. The summed E-state index contributed by atoms with van der Waals surface area (Å²) in [5, 5.41) is 3.66. The molecule has 4 nitrogen and oxygen atoms in total. The Hall–Kier alpha value is -1.71. The van der Waals surface area contributed by atoms with Gasteiger partial charge in [0.15, 0.2) is 0 Å². The second-order valence-corrected chi connectivity index (χ2v) is 3.12. The molecule has 0 aliphatic carbocycles. The molecule has 0 aromatic carbocycles. The van der Waals surface area contributed by atoms with Gasteiger partial charge in [-0.3, -0.25) is 9.98 Å². The fraction of sp³-hybridized carbons (Fsp3) is 0.364. The van der Waals surface area contributed by atoms with Crippen LogP contribution in [-0.4, -0.2) is 23.5 Å². The molecular weight excluding hydrogens is 188 g/mol. The van der Waals surface area contributed by atoms with Crippen LogP contribution in [0.25, 0.3) is 0 Å². The molecule has 0 atom stereocenters. The molecule has 15 heavy (non-hydrogen) atoms. The first-order valence-electron chi connectivity index (χ1n) is 5.07. The van der Waals surface area contributed by atoms with E-state index < -0.39 is 0 Å². The molecule has 1 aromatic rings. The first-order chi connectivity index (χ1) is 7.38. The van der Waals surface area contributed by atoms with Crippen LogP contribution in [0.4, 0.5) is 0 Å². The molecule has 0 aliphatic heterocycles. The first kappa shape index (κ1) is 11.4. The fourth-order valence-corrected chi connectivity index (χ4v) is 1.08. The summed E-state index contributed by atoms with van der Waals surface area (Å²) >= 11 is 0. The van der Waals surface area contributed by atoms with E-state index >= 15 is 0 Å². The Balaban J connectivity index is 2.62. The summed E-state index contributed by atoms with van der Waals surface area (Å²) in [5.74, 6) is 5.28. The average molecular weight is 204 g/mol. The van der Waals surface area contributed by atoms with Crippen LogP contribution >= 0.6 is 0 Å². The lowest BCUT2D eigenvalue weighted by atomic mass is 10.2. The SMILES string of the molecule is CCCCN=C/C(=N\N)c1ccccn1. The number of hydrogen-bond acceptors (Lipinski definition) is 4. The second-order valence-electron chi connectivity index (χ2n) is 3.12. The van der Waals surface area contributed by atoms with E-state index in [-0.39, 0.29) is 0 Å². The summed E-state index contributed by atoms with van der Waals surface area (Å²) in [6.07, 6.45) is 5.60. The molecule has 0 unspecified atom stereocenters. The molecule has 2 N–H and O–H groups in total. The lowest BCUT2D eigenvalue weighted by molar-refractivity contribution is 0.811. The quantitative estimate of drug-likeness (QED) is 0.343. The van der Waals surface area contributed by atoms with Crippen molar-refractivity contribution in [2.45, 2.75) is 19.8 Å². The van der Waals surface area contributed by atoms with Gasteiger partial charge in [0.05, 0.1) is 11.9 Å². The monoisotopic (exact) mass is 204 g/mol. The maximum Gasteiger partial charge on any atom is 0.126 e. The van der Waals surface area contributed by atoms with E-state index in [4.69, 9.17) is 5.84 Å². The summed E-state index contributed by atoms with van der Waals surface area (Å²) in [4.78, 5) is 8.38. The van der Waals surface area contributed by atoms with Crippen LogP contribution in [0.2, 0.25) is 0 Å². The Morgan fingerprint density at radius 3 is 3.00 bits per heavy atom. The third-order valence-electron chi connectivity index (χ3n) is 1.92. The number of unbranched alkanes of at least 4 members (excludes halogenated alkanes) is 1. The van der Waals surface area contributed by atoms with Gasteiger partial charge < -0.3 is 5.84 Å². The predicted molar refractivity (Wildman–Crippen MR) is 63.2 cm³/mol. The van der Waals surface area contributed by atoms with Crippen molar-refractivity contribution in [1.82, 2.24) is 4.98 Å². The van der Waals surface area contributed by atoms with Crippen molar-refractivity contribution >= 4 is 11.9 Å². The molecule has 0 fully saturated rings. The predicted octanol–water partition coefficient (Wildman–Crippen LogP) is 1.62. The Bertz CT molecular complexity index is 330. The van der Waals surface area contributed by atoms with Crippen LogP contribution in [-0.2, 0) is 0 Å². The zero-order valence-corrected chi connectivity index (χ0v) is 8.93. The topological polar surface area (TPSA) is 63.6 Å². The zero-order valence-electron chi connectivity index (χ0n) is 8.93. The minimum absolute atomic E-state index is 0.617. The molecule has 0 bridgehead atoms. The van der Waals surface area contributed by atoms with Gasteiger partial charge in [-0.25, -0.2) is 0 Å². The van der Waals surface area contributed by atoms with Crippen molar-refractivity contribution in [3.05, 3.63) is 30.1 Å². The zero-order chi connectivity index (χ0) is 10.9. The first-order valence-corrected chi connectivity index (χ1v) is 5.07. The highest BCUT2D eigenvalue weighted by atomic mass is 15.1. The van der Waals surface area contributed by atoms with Gasteiger partial charge in [-0.05, 0) is 18.6 Å². The van der Waals surface area contributed by atoms with Crippen LogP contribution < -0.4 is 5.84 Å². The Kier molecular flexibility index (Phi) is 5.08. The smallest absolute Gasteiger partial charge is 0.126 e. The number of aliphatic imine (C=N–C) groups is 1. The molecule has 0 radical (unpaired) electrons. The van der Waals surface area contributed by atoms with Gasteiger partial charge in [0, 0.05) is 12.7 Å². The van der Waals surface area contributed by atoms with Gasteiger partial charge in [-0.15, -0.1) is 0 Å². The standard InChI is InChI=1S/C11H16N4/c1-2-3-7-13-9-11(15-12)10-6-4-5-8-14-10/h4-6,8-9H,2-3,7,12H2,1H3/b13-9?,15-11+. The second kappa shape index (κ2) is 6.70. The van der Waals surface area contributed by atoms with Crippen LogP contribution in [0.5, 0.6) is 0 Å². The van der Waals surface area contributed by atoms with Crippen molar-refractivity contribution in [2.75, 3.05) is 6.54 Å². The number of hydrazone groups is 1. The Labute approximate surface area is 89.9 Å². The molecule has 0 amide bonds. The minimum atomic E-state index is 0.617. The van der Waals surface area contributed by atoms with Crippen molar-refractivity contribution in [1.29, 1.82) is 0 Å². The normalized spacial score (nSPS) is 12.2. The number of rotatable bonds is 5. The largest absolute Gasteiger partial charge is 0.323 e. The average Bonchev–Trinajstić information content (AvgIpc) is 2.30. The van der Waals surface area contributed by atoms with Crippen molar-refractivity contribution < 1.29 is 0 Å². The van der Waals surface area contributed by atoms with Gasteiger partial charge in [0.25, 0.3) is 0 Å². The summed E-state index contributed by atoms with van der Waals surface area (Å²) in [5.41, 5.74) is 1.37. The lowest BCUT2D eigenvalue weighted by Gasteiger charge is -1.97. The highest BCUT2D eigenvalue weighted by Gasteiger charge is 1.99. The maximum absolute atomic E-state index is 5.28. The van der Waals surface area contributed by atoms with E-state index in [2.05, 4.69) is 22.0 Å². The van der Waals surface area contributed by atoms with Gasteiger partial charge in [-0.1, -0.05) is 19.4 Å². The molecule has 0 saturated carbocycles. The highest BCUT2D eigenvalue weighted by Crippen LogP contribution is 1.95. The van der Waals surface area contributed by atoms with E-state index in [1.54, 1.807) is 12.4 Å². The van der Waals surface area contributed by atoms with E-state index in [1.807, 2.05) is 18.2 Å². The molecule has 0 spiro atoms. The van der Waals surface area contributed by atoms with Crippen molar-refractivity contribution in [3.8, 4) is 0 Å². The summed E-state index contributed by atoms with van der Waals surface area (Å²) in [7, 11) is 0. The maximum atomic E-state index is 5.28. The van der Waals surface area contributed by atoms with E-state index in [0.717, 1.165) is 25.1 Å². The van der Waals surface area contributed by atoms with Gasteiger partial charge in [0.1, 0.15) is 5.71 Å². The Morgan fingerprint density at radius 2 is 2.40 bits per heavy atom. The third-order valence-corrected chi connectivity index (χ3v) is 1.92. The van der Waals surface area contributed by atoms with Crippen molar-refractivity contribution in [3.63, 3.8) is 0 Å². The molecule has 0 saturated heterocycles.